The highest BCUT2D eigenvalue weighted by molar-refractivity contribution is 8.03. The van der Waals surface area contributed by atoms with Crippen molar-refractivity contribution in [2.75, 3.05) is 5.75 Å². The second-order valence-corrected chi connectivity index (χ2v) is 6.29. The predicted molar refractivity (Wildman–Crippen MR) is 72.5 cm³/mol. The molecule has 4 heteroatoms. The van der Waals surface area contributed by atoms with E-state index in [-0.39, 0.29) is 0 Å². The van der Waals surface area contributed by atoms with Crippen molar-refractivity contribution in [3.05, 3.63) is 48.4 Å². The van der Waals surface area contributed by atoms with E-state index in [1.165, 1.54) is 16.9 Å². The van der Waals surface area contributed by atoms with Crippen molar-refractivity contribution < 1.29 is 0 Å². The monoisotopic (exact) mass is 260 g/mol. The largest absolute Gasteiger partial charge is 0.260 e. The van der Waals surface area contributed by atoms with Gasteiger partial charge in [0.1, 0.15) is 5.03 Å². The molecule has 1 atom stereocenters. The standard InChI is InChI=1S/C13H12N2S2/c1-2-4-12-10(3-1)7-11(17-12)9-16-13-8-14-5-6-15-13/h1-6,8,11H,7,9H2. The number of hydrogen-bond donors (Lipinski definition) is 0. The van der Waals surface area contributed by atoms with E-state index >= 15 is 0 Å². The quantitative estimate of drug-likeness (QED) is 0.791. The highest BCUT2D eigenvalue weighted by Gasteiger charge is 2.21. The highest BCUT2D eigenvalue weighted by atomic mass is 32.2. The zero-order chi connectivity index (χ0) is 11.5. The summed E-state index contributed by atoms with van der Waals surface area (Å²) in [5, 5.41) is 1.68. The van der Waals surface area contributed by atoms with E-state index in [2.05, 4.69) is 34.2 Å². The van der Waals surface area contributed by atoms with Crippen molar-refractivity contribution in [2.45, 2.75) is 21.6 Å². The Bertz CT molecular complexity index is 477. The zero-order valence-electron chi connectivity index (χ0n) is 9.24. The second kappa shape index (κ2) is 5.10. The predicted octanol–water partition coefficient (Wildman–Crippen LogP) is 3.29. The van der Waals surface area contributed by atoms with Crippen LogP contribution in [0.1, 0.15) is 5.56 Å². The molecule has 0 amide bonds. The Balaban J connectivity index is 1.59. The summed E-state index contributed by atoms with van der Waals surface area (Å²) in [6.45, 7) is 0. The summed E-state index contributed by atoms with van der Waals surface area (Å²) >= 11 is 3.78. The van der Waals surface area contributed by atoms with Gasteiger partial charge in [-0.3, -0.25) is 4.98 Å². The van der Waals surface area contributed by atoms with Crippen LogP contribution in [0.2, 0.25) is 0 Å². The molecule has 3 rings (SSSR count). The number of aromatic nitrogens is 2. The summed E-state index contributed by atoms with van der Waals surface area (Å²) in [5.41, 5.74) is 1.49. The van der Waals surface area contributed by atoms with Crippen LogP contribution in [0.25, 0.3) is 0 Å². The van der Waals surface area contributed by atoms with Gasteiger partial charge in [0.15, 0.2) is 0 Å². The lowest BCUT2D eigenvalue weighted by molar-refractivity contribution is 0.964. The molecule has 1 aliphatic rings. The molecule has 0 bridgehead atoms. The topological polar surface area (TPSA) is 25.8 Å². The summed E-state index contributed by atoms with van der Waals surface area (Å²) < 4.78 is 0. The smallest absolute Gasteiger partial charge is 0.114 e. The molecule has 2 heterocycles. The number of thioether (sulfide) groups is 2. The fourth-order valence-corrected chi connectivity index (χ4v) is 4.19. The van der Waals surface area contributed by atoms with E-state index in [1.807, 2.05) is 18.0 Å². The third kappa shape index (κ3) is 2.64. The normalized spacial score (nSPS) is 18.0. The Labute approximate surface area is 109 Å². The fourth-order valence-electron chi connectivity index (χ4n) is 1.89. The molecular weight excluding hydrogens is 248 g/mol. The van der Waals surface area contributed by atoms with Crippen molar-refractivity contribution in [1.82, 2.24) is 9.97 Å². The maximum Gasteiger partial charge on any atom is 0.114 e. The minimum Gasteiger partial charge on any atom is -0.260 e. The number of fused-ring (bicyclic) bond motifs is 1. The molecule has 1 aromatic heterocycles. The van der Waals surface area contributed by atoms with Gasteiger partial charge >= 0.3 is 0 Å². The molecule has 17 heavy (non-hydrogen) atoms. The van der Waals surface area contributed by atoms with Gasteiger partial charge in [-0.15, -0.1) is 23.5 Å². The minimum absolute atomic E-state index is 0.666. The van der Waals surface area contributed by atoms with Crippen LogP contribution in [0.4, 0.5) is 0 Å². The lowest BCUT2D eigenvalue weighted by atomic mass is 10.1. The van der Waals surface area contributed by atoms with Crippen molar-refractivity contribution >= 4 is 23.5 Å². The van der Waals surface area contributed by atoms with Gasteiger partial charge in [-0.2, -0.15) is 0 Å². The van der Waals surface area contributed by atoms with E-state index in [1.54, 1.807) is 24.2 Å². The van der Waals surface area contributed by atoms with Crippen LogP contribution in [-0.4, -0.2) is 21.0 Å². The molecule has 0 fully saturated rings. The summed E-state index contributed by atoms with van der Waals surface area (Å²) in [6, 6.07) is 8.68. The van der Waals surface area contributed by atoms with Crippen LogP contribution < -0.4 is 0 Å². The lowest BCUT2D eigenvalue weighted by Crippen LogP contribution is -2.04. The van der Waals surface area contributed by atoms with Gasteiger partial charge in [0.05, 0.1) is 6.20 Å². The highest BCUT2D eigenvalue weighted by Crippen LogP contribution is 2.38. The van der Waals surface area contributed by atoms with Crippen LogP contribution in [0, 0.1) is 0 Å². The van der Waals surface area contributed by atoms with Gasteiger partial charge < -0.3 is 0 Å². The Kier molecular flexibility index (Phi) is 3.34. The minimum atomic E-state index is 0.666. The van der Waals surface area contributed by atoms with Crippen LogP contribution >= 0.6 is 23.5 Å². The number of nitrogens with zero attached hydrogens (tertiary/aromatic N) is 2. The molecule has 1 aromatic carbocycles. The van der Waals surface area contributed by atoms with Crippen molar-refractivity contribution in [2.24, 2.45) is 0 Å². The molecular formula is C13H12N2S2. The Morgan fingerprint density at radius 2 is 2.24 bits per heavy atom. The van der Waals surface area contributed by atoms with E-state index in [4.69, 9.17) is 0 Å². The molecule has 0 radical (unpaired) electrons. The van der Waals surface area contributed by atoms with Crippen molar-refractivity contribution in [3.63, 3.8) is 0 Å². The lowest BCUT2D eigenvalue weighted by Gasteiger charge is -2.06. The van der Waals surface area contributed by atoms with Crippen LogP contribution in [-0.2, 0) is 6.42 Å². The van der Waals surface area contributed by atoms with Crippen molar-refractivity contribution in [3.8, 4) is 0 Å². The molecule has 86 valence electrons. The molecule has 1 unspecified atom stereocenters. The van der Waals surface area contributed by atoms with E-state index in [9.17, 15) is 0 Å². The fraction of sp³-hybridized carbons (Fsp3) is 0.231. The molecule has 0 aliphatic carbocycles. The molecule has 0 saturated carbocycles. The average Bonchev–Trinajstić information content (AvgIpc) is 2.80. The molecule has 2 nitrogen and oxygen atoms in total. The number of hydrogen-bond acceptors (Lipinski definition) is 4. The Morgan fingerprint density at radius 3 is 3.06 bits per heavy atom. The summed E-state index contributed by atoms with van der Waals surface area (Å²) in [5.74, 6) is 1.10. The first kappa shape index (κ1) is 11.1. The molecule has 2 aromatic rings. The van der Waals surface area contributed by atoms with Gasteiger partial charge in [0.2, 0.25) is 0 Å². The molecule has 0 saturated heterocycles. The van der Waals surface area contributed by atoms with Gasteiger partial charge in [0, 0.05) is 28.3 Å². The third-order valence-corrected chi connectivity index (χ3v) is 5.28. The van der Waals surface area contributed by atoms with Crippen LogP contribution in [0.5, 0.6) is 0 Å². The van der Waals surface area contributed by atoms with Gasteiger partial charge in [0.25, 0.3) is 0 Å². The second-order valence-electron chi connectivity index (χ2n) is 3.91. The maximum absolute atomic E-state index is 4.28. The molecule has 0 N–H and O–H groups in total. The summed E-state index contributed by atoms with van der Waals surface area (Å²) in [4.78, 5) is 9.80. The summed E-state index contributed by atoms with van der Waals surface area (Å²) in [6.07, 6.45) is 6.47. The molecule has 1 aliphatic heterocycles. The zero-order valence-corrected chi connectivity index (χ0v) is 10.9. The maximum atomic E-state index is 4.28. The SMILES string of the molecule is c1ccc2c(c1)CC(CSc1cnccn1)S2. The third-order valence-electron chi connectivity index (χ3n) is 2.67. The van der Waals surface area contributed by atoms with E-state index < -0.39 is 0 Å². The molecule has 0 spiro atoms. The van der Waals surface area contributed by atoms with Crippen LogP contribution in [0.15, 0.2) is 52.8 Å². The first-order chi connectivity index (χ1) is 8.42. The Hall–Kier alpha value is -1.000. The van der Waals surface area contributed by atoms with Gasteiger partial charge in [-0.25, -0.2) is 4.98 Å². The van der Waals surface area contributed by atoms with Gasteiger partial charge in [-0.05, 0) is 18.1 Å². The average molecular weight is 260 g/mol. The van der Waals surface area contributed by atoms with Gasteiger partial charge in [-0.1, -0.05) is 18.2 Å². The van der Waals surface area contributed by atoms with E-state index in [0.717, 1.165) is 10.8 Å². The Morgan fingerprint density at radius 1 is 1.29 bits per heavy atom. The number of benzene rings is 1. The summed E-state index contributed by atoms with van der Waals surface area (Å²) in [7, 11) is 0. The first-order valence-electron chi connectivity index (χ1n) is 5.55. The van der Waals surface area contributed by atoms with E-state index in [0.29, 0.717) is 5.25 Å². The number of rotatable bonds is 3. The van der Waals surface area contributed by atoms with Crippen molar-refractivity contribution in [1.29, 1.82) is 0 Å². The van der Waals surface area contributed by atoms with Crippen LogP contribution in [0.3, 0.4) is 0 Å². The first-order valence-corrected chi connectivity index (χ1v) is 7.42.